The molecule has 1 unspecified atom stereocenters. The molecule has 0 amide bonds. The summed E-state index contributed by atoms with van der Waals surface area (Å²) in [5.41, 5.74) is 1.29. The van der Waals surface area contributed by atoms with E-state index in [9.17, 15) is 4.79 Å². The van der Waals surface area contributed by atoms with Crippen LogP contribution in [0.5, 0.6) is 0 Å². The summed E-state index contributed by atoms with van der Waals surface area (Å²) in [5.74, 6) is 1.84. The summed E-state index contributed by atoms with van der Waals surface area (Å²) in [6.07, 6.45) is 2.00. The Labute approximate surface area is 116 Å². The van der Waals surface area contributed by atoms with E-state index in [1.54, 1.807) is 0 Å². The highest BCUT2D eigenvalue weighted by Crippen LogP contribution is 2.57. The first-order chi connectivity index (χ1) is 7.81. The van der Waals surface area contributed by atoms with Crippen molar-refractivity contribution in [3.8, 4) is 0 Å². The molecule has 4 heteroatoms. The third-order valence-corrected chi connectivity index (χ3v) is 4.51. The fourth-order valence-corrected chi connectivity index (χ4v) is 2.62. The molecule has 1 aromatic heterocycles. The van der Waals surface area contributed by atoms with Crippen molar-refractivity contribution in [3.63, 3.8) is 0 Å². The lowest BCUT2D eigenvalue weighted by molar-refractivity contribution is 0.594. The number of aromatic amines is 1. The van der Waals surface area contributed by atoms with Crippen LogP contribution in [0.1, 0.15) is 51.6 Å². The van der Waals surface area contributed by atoms with E-state index >= 15 is 0 Å². The van der Waals surface area contributed by atoms with Crippen LogP contribution in [0, 0.1) is 14.9 Å². The molecule has 1 saturated carbocycles. The third-order valence-electron chi connectivity index (χ3n) is 3.39. The average Bonchev–Trinajstić information content (AvgIpc) is 2.82. The minimum Gasteiger partial charge on any atom is -0.309 e. The van der Waals surface area contributed by atoms with Gasteiger partial charge in [0.25, 0.3) is 5.56 Å². The average molecular weight is 346 g/mol. The SMILES string of the molecule is CC(C)Cc1nc(C2CC2(C)C)[nH]c(=O)c1I. The van der Waals surface area contributed by atoms with Gasteiger partial charge in [-0.1, -0.05) is 27.7 Å². The topological polar surface area (TPSA) is 45.8 Å². The fraction of sp³-hybridized carbons (Fsp3) is 0.692. The molecule has 0 aromatic carbocycles. The molecule has 0 radical (unpaired) electrons. The van der Waals surface area contributed by atoms with Crippen molar-refractivity contribution in [1.82, 2.24) is 9.97 Å². The molecule has 1 N–H and O–H groups in total. The number of aromatic nitrogens is 2. The first kappa shape index (κ1) is 13.1. The molecular formula is C13H19IN2O. The van der Waals surface area contributed by atoms with Gasteiger partial charge in [0.05, 0.1) is 9.26 Å². The van der Waals surface area contributed by atoms with Gasteiger partial charge in [0.2, 0.25) is 0 Å². The summed E-state index contributed by atoms with van der Waals surface area (Å²) in [7, 11) is 0. The van der Waals surface area contributed by atoms with E-state index in [1.165, 1.54) is 0 Å². The molecule has 2 rings (SSSR count). The Morgan fingerprint density at radius 1 is 1.53 bits per heavy atom. The van der Waals surface area contributed by atoms with E-state index in [0.717, 1.165) is 27.9 Å². The Morgan fingerprint density at radius 2 is 2.12 bits per heavy atom. The fourth-order valence-electron chi connectivity index (χ4n) is 2.15. The van der Waals surface area contributed by atoms with Crippen molar-refractivity contribution in [1.29, 1.82) is 0 Å². The summed E-state index contributed by atoms with van der Waals surface area (Å²) in [4.78, 5) is 19.5. The normalized spacial score (nSPS) is 21.9. The van der Waals surface area contributed by atoms with Gasteiger partial charge < -0.3 is 4.98 Å². The van der Waals surface area contributed by atoms with Gasteiger partial charge in [-0.2, -0.15) is 0 Å². The molecule has 1 aromatic rings. The summed E-state index contributed by atoms with van der Waals surface area (Å²) in [5, 5.41) is 0. The van der Waals surface area contributed by atoms with Crippen LogP contribution in [0.25, 0.3) is 0 Å². The number of hydrogen-bond acceptors (Lipinski definition) is 2. The maximum atomic E-state index is 11.9. The predicted octanol–water partition coefficient (Wildman–Crippen LogP) is 3.09. The van der Waals surface area contributed by atoms with Gasteiger partial charge in [0, 0.05) is 5.92 Å². The van der Waals surface area contributed by atoms with Crippen LogP contribution in [0.15, 0.2) is 4.79 Å². The van der Waals surface area contributed by atoms with Crippen LogP contribution in [0.4, 0.5) is 0 Å². The molecule has 1 heterocycles. The summed E-state index contributed by atoms with van der Waals surface area (Å²) in [6.45, 7) is 8.74. The second-order valence-electron chi connectivity index (χ2n) is 6.06. The quantitative estimate of drug-likeness (QED) is 0.855. The van der Waals surface area contributed by atoms with Crippen LogP contribution in [0.2, 0.25) is 0 Å². The van der Waals surface area contributed by atoms with Crippen LogP contribution < -0.4 is 5.56 Å². The van der Waals surface area contributed by atoms with Gasteiger partial charge >= 0.3 is 0 Å². The van der Waals surface area contributed by atoms with Crippen molar-refractivity contribution in [2.75, 3.05) is 0 Å². The first-order valence-electron chi connectivity index (χ1n) is 6.10. The monoisotopic (exact) mass is 346 g/mol. The summed E-state index contributed by atoms with van der Waals surface area (Å²) < 4.78 is 0.749. The van der Waals surface area contributed by atoms with Crippen LogP contribution in [-0.4, -0.2) is 9.97 Å². The molecular weight excluding hydrogens is 327 g/mol. The second kappa shape index (κ2) is 4.37. The van der Waals surface area contributed by atoms with Gasteiger partial charge in [0.1, 0.15) is 5.82 Å². The second-order valence-corrected chi connectivity index (χ2v) is 7.13. The van der Waals surface area contributed by atoms with Crippen LogP contribution in [0.3, 0.4) is 0 Å². The number of nitrogens with one attached hydrogen (secondary N) is 1. The molecule has 1 fully saturated rings. The Bertz CT molecular complexity index is 491. The number of rotatable bonds is 3. The van der Waals surface area contributed by atoms with Gasteiger partial charge in [-0.25, -0.2) is 4.98 Å². The van der Waals surface area contributed by atoms with Crippen molar-refractivity contribution >= 4 is 22.6 Å². The van der Waals surface area contributed by atoms with Gasteiger partial charge in [-0.05, 0) is 46.8 Å². The number of halogens is 1. The first-order valence-corrected chi connectivity index (χ1v) is 7.17. The van der Waals surface area contributed by atoms with E-state index in [2.05, 4.69) is 60.3 Å². The van der Waals surface area contributed by atoms with Crippen LogP contribution in [-0.2, 0) is 6.42 Å². The Balaban J connectivity index is 2.37. The minimum absolute atomic E-state index is 0.0222. The Kier molecular flexibility index (Phi) is 3.36. The van der Waals surface area contributed by atoms with Crippen molar-refractivity contribution in [2.24, 2.45) is 11.3 Å². The molecule has 1 aliphatic rings. The zero-order chi connectivity index (χ0) is 12.8. The number of H-pyrrole nitrogens is 1. The Morgan fingerprint density at radius 3 is 2.59 bits per heavy atom. The van der Waals surface area contributed by atoms with Crippen molar-refractivity contribution < 1.29 is 0 Å². The Hall–Kier alpha value is -0.390. The molecule has 1 atom stereocenters. The molecule has 94 valence electrons. The number of nitrogens with zero attached hydrogens (tertiary/aromatic N) is 1. The molecule has 0 saturated heterocycles. The summed E-state index contributed by atoms with van der Waals surface area (Å²) in [6, 6.07) is 0. The van der Waals surface area contributed by atoms with E-state index in [4.69, 9.17) is 0 Å². The maximum absolute atomic E-state index is 11.9. The van der Waals surface area contributed by atoms with E-state index in [-0.39, 0.29) is 5.56 Å². The van der Waals surface area contributed by atoms with Crippen molar-refractivity contribution in [3.05, 3.63) is 25.4 Å². The predicted molar refractivity (Wildman–Crippen MR) is 77.3 cm³/mol. The summed E-state index contributed by atoms with van der Waals surface area (Å²) >= 11 is 2.10. The van der Waals surface area contributed by atoms with Gasteiger partial charge in [0.15, 0.2) is 0 Å². The lowest BCUT2D eigenvalue weighted by Gasteiger charge is -2.09. The zero-order valence-electron chi connectivity index (χ0n) is 10.8. The highest BCUT2D eigenvalue weighted by molar-refractivity contribution is 14.1. The lowest BCUT2D eigenvalue weighted by Crippen LogP contribution is -2.19. The molecule has 0 spiro atoms. The smallest absolute Gasteiger partial charge is 0.264 e. The molecule has 0 aliphatic heterocycles. The van der Waals surface area contributed by atoms with E-state index in [1.807, 2.05) is 0 Å². The molecule has 17 heavy (non-hydrogen) atoms. The number of hydrogen-bond donors (Lipinski definition) is 1. The van der Waals surface area contributed by atoms with E-state index in [0.29, 0.717) is 17.3 Å². The van der Waals surface area contributed by atoms with E-state index < -0.39 is 0 Å². The van der Waals surface area contributed by atoms with Crippen LogP contribution >= 0.6 is 22.6 Å². The molecule has 3 nitrogen and oxygen atoms in total. The van der Waals surface area contributed by atoms with Crippen molar-refractivity contribution in [2.45, 2.75) is 46.5 Å². The largest absolute Gasteiger partial charge is 0.309 e. The molecule has 0 bridgehead atoms. The highest BCUT2D eigenvalue weighted by atomic mass is 127. The highest BCUT2D eigenvalue weighted by Gasteiger charge is 2.48. The third kappa shape index (κ3) is 2.72. The standard InChI is InChI=1S/C13H19IN2O/c1-7(2)5-9-10(14)12(17)16-11(15-9)8-6-13(8,3)4/h7-8H,5-6H2,1-4H3,(H,15,16,17). The minimum atomic E-state index is 0.0222. The van der Waals surface area contributed by atoms with Gasteiger partial charge in [-0.15, -0.1) is 0 Å². The molecule has 1 aliphatic carbocycles. The maximum Gasteiger partial charge on any atom is 0.264 e. The zero-order valence-corrected chi connectivity index (χ0v) is 13.0. The lowest BCUT2D eigenvalue weighted by atomic mass is 10.1. The van der Waals surface area contributed by atoms with Gasteiger partial charge in [-0.3, -0.25) is 4.79 Å².